The van der Waals surface area contributed by atoms with Gasteiger partial charge in [0.1, 0.15) is 0 Å². The van der Waals surface area contributed by atoms with E-state index < -0.39 is 17.9 Å². The topological polar surface area (TPSA) is 138 Å². The Bertz CT molecular complexity index is 197. The molecule has 0 aliphatic rings. The van der Waals surface area contributed by atoms with Gasteiger partial charge in [0.15, 0.2) is 0 Å². The Kier molecular flexibility index (Phi) is 35.4. The molecular weight excluding hydrogens is 278 g/mol. The quantitative estimate of drug-likeness (QED) is 0.553. The highest BCUT2D eigenvalue weighted by atomic mass is 16.4. The van der Waals surface area contributed by atoms with Gasteiger partial charge < -0.3 is 21.1 Å². The van der Waals surface area contributed by atoms with Gasteiger partial charge in [-0.15, -0.1) is 0 Å². The Balaban J connectivity index is -0.000000102. The van der Waals surface area contributed by atoms with Crippen LogP contribution in [0.15, 0.2) is 0 Å². The predicted molar refractivity (Wildman–Crippen MR) is 82.4 cm³/mol. The molecule has 0 aromatic carbocycles. The van der Waals surface area contributed by atoms with E-state index in [-0.39, 0.29) is 0 Å². The Hall–Kier alpha value is -1.63. The zero-order chi connectivity index (χ0) is 17.7. The number of hydrogen-bond donors (Lipinski definition) is 4. The second-order valence-electron chi connectivity index (χ2n) is 4.11. The Labute approximate surface area is 127 Å². The molecule has 0 saturated carbocycles. The second-order valence-corrected chi connectivity index (χ2v) is 4.11. The molecule has 0 saturated heterocycles. The number of hydrogen-bond acceptors (Lipinski definition) is 4. The summed E-state index contributed by atoms with van der Waals surface area (Å²) in [4.78, 5) is 27.0. The molecule has 0 aromatic rings. The maximum absolute atomic E-state index is 9.00. The van der Waals surface area contributed by atoms with Crippen LogP contribution in [-0.2, 0) is 14.4 Å². The van der Waals surface area contributed by atoms with Gasteiger partial charge in [0.25, 0.3) is 17.9 Å². The summed E-state index contributed by atoms with van der Waals surface area (Å²) >= 11 is 0. The molecule has 0 unspecified atom stereocenters. The maximum Gasteiger partial charge on any atom is 0.300 e. The monoisotopic (exact) mass is 309 g/mol. The summed E-state index contributed by atoms with van der Waals surface area (Å²) < 4.78 is 0. The highest BCUT2D eigenvalue weighted by molar-refractivity contribution is 5.63. The summed E-state index contributed by atoms with van der Waals surface area (Å²) in [5, 5.41) is 22.2. The predicted octanol–water partition coefficient (Wildman–Crippen LogP) is 2.58. The van der Waals surface area contributed by atoms with Crippen LogP contribution >= 0.6 is 0 Å². The van der Waals surface area contributed by atoms with Gasteiger partial charge >= 0.3 is 0 Å². The van der Waals surface area contributed by atoms with Crippen LogP contribution in [0.25, 0.3) is 0 Å². The maximum atomic E-state index is 9.00. The lowest BCUT2D eigenvalue weighted by atomic mass is 10.1. The fraction of sp³-hybridized carbons (Fsp3) is 0.786. The molecular formula is C14H31NO6. The van der Waals surface area contributed by atoms with Crippen LogP contribution in [0.3, 0.4) is 0 Å². The molecule has 0 spiro atoms. The van der Waals surface area contributed by atoms with Crippen molar-refractivity contribution in [1.29, 1.82) is 0 Å². The van der Waals surface area contributed by atoms with Crippen molar-refractivity contribution >= 4 is 17.9 Å². The smallest absolute Gasteiger partial charge is 0.300 e. The largest absolute Gasteiger partial charge is 0.481 e. The zero-order valence-electron chi connectivity index (χ0n) is 13.6. The van der Waals surface area contributed by atoms with Crippen molar-refractivity contribution < 1.29 is 29.7 Å². The van der Waals surface area contributed by atoms with Crippen molar-refractivity contribution in [2.24, 2.45) is 5.73 Å². The number of carbonyl (C=O) groups is 3. The van der Waals surface area contributed by atoms with Gasteiger partial charge in [-0.2, -0.15) is 0 Å². The normalized spacial score (nSPS) is 7.86. The number of unbranched alkanes of at least 4 members (excludes halogenated alkanes) is 5. The van der Waals surface area contributed by atoms with E-state index in [1.54, 1.807) is 0 Å². The van der Waals surface area contributed by atoms with Gasteiger partial charge in [0.05, 0.1) is 0 Å². The summed E-state index contributed by atoms with van der Waals surface area (Å²) in [6.45, 7) is 6.36. The molecule has 0 bridgehead atoms. The zero-order valence-corrected chi connectivity index (χ0v) is 13.6. The van der Waals surface area contributed by atoms with Gasteiger partial charge in [-0.1, -0.05) is 39.0 Å². The highest BCUT2D eigenvalue weighted by Crippen LogP contribution is 2.03. The summed E-state index contributed by atoms with van der Waals surface area (Å²) in [6, 6.07) is 0. The average Bonchev–Trinajstić information content (AvgIpc) is 2.26. The van der Waals surface area contributed by atoms with E-state index >= 15 is 0 Å². The second kappa shape index (κ2) is 26.8. The summed E-state index contributed by atoms with van der Waals surface area (Å²) in [5.74, 6) is -2.50. The first-order chi connectivity index (χ1) is 9.61. The molecule has 5 N–H and O–H groups in total. The fourth-order valence-electron chi connectivity index (χ4n) is 0.925. The van der Waals surface area contributed by atoms with Crippen LogP contribution < -0.4 is 5.73 Å². The number of carboxylic acids is 3. The van der Waals surface area contributed by atoms with Gasteiger partial charge in [0, 0.05) is 20.8 Å². The molecule has 0 aliphatic heterocycles. The van der Waals surface area contributed by atoms with E-state index in [0.717, 1.165) is 27.3 Å². The van der Waals surface area contributed by atoms with E-state index in [2.05, 4.69) is 6.92 Å². The molecule has 0 atom stereocenters. The molecule has 0 aliphatic carbocycles. The van der Waals surface area contributed by atoms with Gasteiger partial charge in [-0.05, 0) is 13.0 Å². The fourth-order valence-corrected chi connectivity index (χ4v) is 0.925. The van der Waals surface area contributed by atoms with Gasteiger partial charge in [0.2, 0.25) is 0 Å². The lowest BCUT2D eigenvalue weighted by Gasteiger charge is -1.96. The number of aliphatic carboxylic acids is 3. The van der Waals surface area contributed by atoms with Crippen LogP contribution in [0.4, 0.5) is 0 Å². The molecule has 0 rings (SSSR count). The van der Waals surface area contributed by atoms with Crippen LogP contribution in [0.2, 0.25) is 0 Å². The van der Waals surface area contributed by atoms with E-state index in [1.807, 2.05) is 0 Å². The summed E-state index contributed by atoms with van der Waals surface area (Å²) in [6.07, 6.45) is 8.05. The van der Waals surface area contributed by atoms with Crippen molar-refractivity contribution in [3.8, 4) is 0 Å². The van der Waals surface area contributed by atoms with Crippen molar-refractivity contribution in [1.82, 2.24) is 0 Å². The minimum Gasteiger partial charge on any atom is -0.481 e. The number of carboxylic acid groups (broad SMARTS) is 3. The first kappa shape index (κ1) is 27.7. The van der Waals surface area contributed by atoms with E-state index in [0.29, 0.717) is 0 Å². The molecule has 7 heteroatoms. The highest BCUT2D eigenvalue weighted by Gasteiger charge is 1.85. The van der Waals surface area contributed by atoms with Crippen molar-refractivity contribution in [2.45, 2.75) is 66.2 Å². The standard InChI is InChI=1S/C8H19N.3C2H4O2/c1-2-3-4-5-6-7-8-9;3*1-2(3)4/h2-9H2,1H3;3*1H3,(H,3,4). The van der Waals surface area contributed by atoms with Crippen molar-refractivity contribution in [3.05, 3.63) is 0 Å². The molecule has 0 fully saturated rings. The van der Waals surface area contributed by atoms with E-state index in [4.69, 9.17) is 35.4 Å². The summed E-state index contributed by atoms with van der Waals surface area (Å²) in [7, 11) is 0. The minimum atomic E-state index is -0.833. The molecule has 7 nitrogen and oxygen atoms in total. The Morgan fingerprint density at radius 3 is 1.19 bits per heavy atom. The van der Waals surface area contributed by atoms with Crippen molar-refractivity contribution in [3.63, 3.8) is 0 Å². The van der Waals surface area contributed by atoms with E-state index in [9.17, 15) is 0 Å². The SMILES string of the molecule is CC(=O)O.CC(=O)O.CC(=O)O.CCCCCCCCN. The molecule has 0 amide bonds. The summed E-state index contributed by atoms with van der Waals surface area (Å²) in [5.41, 5.74) is 5.34. The van der Waals surface area contributed by atoms with Crippen LogP contribution in [0.1, 0.15) is 66.2 Å². The third kappa shape index (κ3) is 258. The third-order valence-electron chi connectivity index (χ3n) is 1.56. The lowest BCUT2D eigenvalue weighted by molar-refractivity contribution is -0.135. The molecule has 0 aromatic heterocycles. The number of rotatable bonds is 6. The Morgan fingerprint density at radius 1 is 0.714 bits per heavy atom. The van der Waals surface area contributed by atoms with Crippen LogP contribution in [0.5, 0.6) is 0 Å². The van der Waals surface area contributed by atoms with Crippen molar-refractivity contribution in [2.75, 3.05) is 6.54 Å². The Morgan fingerprint density at radius 2 is 0.952 bits per heavy atom. The van der Waals surface area contributed by atoms with Gasteiger partial charge in [-0.3, -0.25) is 14.4 Å². The minimum absolute atomic E-state index is 0.833. The first-order valence-electron chi connectivity index (χ1n) is 6.90. The number of nitrogens with two attached hydrogens (primary N) is 1. The van der Waals surface area contributed by atoms with Gasteiger partial charge in [-0.25, -0.2) is 0 Å². The molecule has 128 valence electrons. The average molecular weight is 309 g/mol. The van der Waals surface area contributed by atoms with Crippen LogP contribution in [0, 0.1) is 0 Å². The van der Waals surface area contributed by atoms with E-state index in [1.165, 1.54) is 38.5 Å². The molecule has 0 radical (unpaired) electrons. The molecule has 0 heterocycles. The lowest BCUT2D eigenvalue weighted by Crippen LogP contribution is -1.97. The first-order valence-corrected chi connectivity index (χ1v) is 6.90. The molecule has 21 heavy (non-hydrogen) atoms. The van der Waals surface area contributed by atoms with Crippen LogP contribution in [-0.4, -0.2) is 39.8 Å². The third-order valence-corrected chi connectivity index (χ3v) is 1.56.